The molecule has 0 bridgehead atoms. The van der Waals surface area contributed by atoms with E-state index in [2.05, 4.69) is 21.0 Å². The van der Waals surface area contributed by atoms with Crippen LogP contribution in [0.5, 0.6) is 11.5 Å². The Kier molecular flexibility index (Phi) is 4.71. The van der Waals surface area contributed by atoms with Crippen molar-refractivity contribution < 1.29 is 9.47 Å². The average molecular weight is 350 g/mol. The average Bonchev–Trinajstić information content (AvgIpc) is 2.64. The Morgan fingerprint density at radius 3 is 2.85 bits per heavy atom. The molecule has 132 valence electrons. The quantitative estimate of drug-likeness (QED) is 0.833. The van der Waals surface area contributed by atoms with Crippen LogP contribution in [0.25, 0.3) is 11.6 Å². The molecule has 8 nitrogen and oxygen atoms in total. The molecule has 0 atom stereocenters. The molecule has 0 unspecified atom stereocenters. The fourth-order valence-electron chi connectivity index (χ4n) is 2.41. The highest BCUT2D eigenvalue weighted by Gasteiger charge is 2.15. The monoisotopic (exact) mass is 350 g/mol. The van der Waals surface area contributed by atoms with Gasteiger partial charge in [0.15, 0.2) is 5.82 Å². The number of anilines is 2. The van der Waals surface area contributed by atoms with Crippen molar-refractivity contribution in [1.82, 2.24) is 15.0 Å². The Morgan fingerprint density at radius 2 is 2.15 bits per heavy atom. The molecule has 0 fully saturated rings. The largest absolute Gasteiger partial charge is 0.497 e. The number of aromatic nitrogens is 3. The Hall–Kier alpha value is -3.60. The van der Waals surface area contributed by atoms with Crippen LogP contribution in [0.1, 0.15) is 11.4 Å². The van der Waals surface area contributed by atoms with E-state index in [-0.39, 0.29) is 17.3 Å². The van der Waals surface area contributed by atoms with Crippen LogP contribution >= 0.6 is 0 Å². The zero-order chi connectivity index (χ0) is 18.7. The summed E-state index contributed by atoms with van der Waals surface area (Å²) in [6.07, 6.45) is 3.65. The van der Waals surface area contributed by atoms with Crippen molar-refractivity contribution in [2.24, 2.45) is 0 Å². The van der Waals surface area contributed by atoms with Crippen molar-refractivity contribution in [3.8, 4) is 17.6 Å². The lowest BCUT2D eigenvalue weighted by molar-refractivity contribution is 0.346. The third-order valence-corrected chi connectivity index (χ3v) is 3.69. The standard InChI is InChI=1S/C18H18N6O2/c1-24(2)18-22-16(21-17(20)23-18)13(9-19)7-11-6-12-4-5-14(25-3)8-15(12)26-10-11/h4-8H,10H2,1-3H3,(H2,20,21,22,23)/b13-7-. The molecular formula is C18H18N6O2. The van der Waals surface area contributed by atoms with Gasteiger partial charge in [-0.05, 0) is 29.9 Å². The molecule has 0 aliphatic carbocycles. The summed E-state index contributed by atoms with van der Waals surface area (Å²) in [5, 5.41) is 9.54. The first-order valence-electron chi connectivity index (χ1n) is 7.82. The summed E-state index contributed by atoms with van der Waals surface area (Å²) in [4.78, 5) is 14.1. The number of allylic oxidation sites excluding steroid dienone is 1. The number of nitrogens with two attached hydrogens (primary N) is 1. The summed E-state index contributed by atoms with van der Waals surface area (Å²) in [5.74, 6) is 2.14. The van der Waals surface area contributed by atoms with E-state index in [4.69, 9.17) is 15.2 Å². The van der Waals surface area contributed by atoms with Crippen LogP contribution in [0.3, 0.4) is 0 Å². The van der Waals surface area contributed by atoms with E-state index < -0.39 is 0 Å². The maximum Gasteiger partial charge on any atom is 0.230 e. The fraction of sp³-hybridized carbons (Fsp3) is 0.222. The summed E-state index contributed by atoms with van der Waals surface area (Å²) >= 11 is 0. The van der Waals surface area contributed by atoms with Crippen LogP contribution in [0, 0.1) is 11.3 Å². The van der Waals surface area contributed by atoms with Crippen LogP contribution in [-0.4, -0.2) is 42.8 Å². The third kappa shape index (κ3) is 3.57. The molecule has 1 aromatic heterocycles. The first-order valence-corrected chi connectivity index (χ1v) is 7.82. The minimum atomic E-state index is 0.0613. The maximum absolute atomic E-state index is 9.54. The number of rotatable bonds is 4. The van der Waals surface area contributed by atoms with E-state index in [1.165, 1.54) is 0 Å². The van der Waals surface area contributed by atoms with Gasteiger partial charge >= 0.3 is 0 Å². The van der Waals surface area contributed by atoms with Crippen LogP contribution < -0.4 is 20.1 Å². The highest BCUT2D eigenvalue weighted by atomic mass is 16.5. The first-order chi connectivity index (χ1) is 12.5. The number of hydrogen-bond donors (Lipinski definition) is 1. The summed E-state index contributed by atoms with van der Waals surface area (Å²) in [6, 6.07) is 7.70. The minimum absolute atomic E-state index is 0.0613. The second kappa shape index (κ2) is 7.11. The molecular weight excluding hydrogens is 332 g/mol. The second-order valence-corrected chi connectivity index (χ2v) is 5.79. The van der Waals surface area contributed by atoms with Gasteiger partial charge in [0.25, 0.3) is 0 Å². The second-order valence-electron chi connectivity index (χ2n) is 5.79. The molecule has 26 heavy (non-hydrogen) atoms. The zero-order valence-electron chi connectivity index (χ0n) is 14.7. The third-order valence-electron chi connectivity index (χ3n) is 3.69. The van der Waals surface area contributed by atoms with Crippen molar-refractivity contribution >= 4 is 23.5 Å². The molecule has 0 saturated carbocycles. The Morgan fingerprint density at radius 1 is 1.35 bits per heavy atom. The lowest BCUT2D eigenvalue weighted by atomic mass is 10.0. The number of nitrogens with zero attached hydrogens (tertiary/aromatic N) is 5. The van der Waals surface area contributed by atoms with Crippen LogP contribution in [0.4, 0.5) is 11.9 Å². The Labute approximate surface area is 151 Å². The van der Waals surface area contributed by atoms with Gasteiger partial charge < -0.3 is 20.1 Å². The van der Waals surface area contributed by atoms with Gasteiger partial charge in [0, 0.05) is 25.7 Å². The number of ether oxygens (including phenoxy) is 2. The van der Waals surface area contributed by atoms with E-state index in [0.717, 1.165) is 22.6 Å². The van der Waals surface area contributed by atoms with Gasteiger partial charge in [-0.1, -0.05) is 0 Å². The normalized spacial score (nSPS) is 13.2. The summed E-state index contributed by atoms with van der Waals surface area (Å²) in [7, 11) is 5.18. The fourth-order valence-corrected chi connectivity index (χ4v) is 2.41. The number of nitriles is 1. The van der Waals surface area contributed by atoms with Crippen molar-refractivity contribution in [2.45, 2.75) is 0 Å². The molecule has 0 spiro atoms. The number of benzene rings is 1. The molecule has 1 aromatic carbocycles. The highest BCUT2D eigenvalue weighted by Crippen LogP contribution is 2.31. The van der Waals surface area contributed by atoms with Crippen LogP contribution in [-0.2, 0) is 0 Å². The lowest BCUT2D eigenvalue weighted by Gasteiger charge is -2.17. The SMILES string of the molecule is COc1ccc2c(c1)OCC(/C=C(/C#N)c1nc(N)nc(N(C)C)n1)=C2. The minimum Gasteiger partial charge on any atom is -0.497 e. The number of nitrogen functional groups attached to an aromatic ring is 1. The molecule has 0 radical (unpaired) electrons. The van der Waals surface area contributed by atoms with Gasteiger partial charge in [-0.25, -0.2) is 0 Å². The van der Waals surface area contributed by atoms with E-state index in [1.54, 1.807) is 32.2 Å². The number of methoxy groups -OCH3 is 1. The molecule has 0 amide bonds. The van der Waals surface area contributed by atoms with E-state index in [9.17, 15) is 5.26 Å². The van der Waals surface area contributed by atoms with Gasteiger partial charge in [0.1, 0.15) is 24.2 Å². The molecule has 2 aromatic rings. The molecule has 2 N–H and O–H groups in total. The summed E-state index contributed by atoms with van der Waals surface area (Å²) < 4.78 is 11.0. The van der Waals surface area contributed by atoms with Crippen LogP contribution in [0.15, 0.2) is 29.8 Å². The molecule has 0 saturated heterocycles. The van der Waals surface area contributed by atoms with Gasteiger partial charge in [-0.3, -0.25) is 0 Å². The number of hydrogen-bond acceptors (Lipinski definition) is 8. The molecule has 2 heterocycles. The highest BCUT2D eigenvalue weighted by molar-refractivity contribution is 5.78. The van der Waals surface area contributed by atoms with E-state index in [1.807, 2.05) is 24.3 Å². The topological polar surface area (TPSA) is 110 Å². The van der Waals surface area contributed by atoms with Crippen molar-refractivity contribution in [1.29, 1.82) is 5.26 Å². The van der Waals surface area contributed by atoms with E-state index in [0.29, 0.717) is 12.6 Å². The molecule has 8 heteroatoms. The molecule has 3 rings (SSSR count). The van der Waals surface area contributed by atoms with Gasteiger partial charge in [-0.2, -0.15) is 20.2 Å². The van der Waals surface area contributed by atoms with Crippen molar-refractivity contribution in [3.63, 3.8) is 0 Å². The predicted molar refractivity (Wildman–Crippen MR) is 98.6 cm³/mol. The van der Waals surface area contributed by atoms with Gasteiger partial charge in [-0.15, -0.1) is 0 Å². The Balaban J connectivity index is 1.97. The van der Waals surface area contributed by atoms with Crippen molar-refractivity contribution in [2.75, 3.05) is 38.4 Å². The lowest BCUT2D eigenvalue weighted by Crippen LogP contribution is -2.16. The molecule has 1 aliphatic heterocycles. The number of fused-ring (bicyclic) bond motifs is 1. The Bertz CT molecular complexity index is 943. The summed E-state index contributed by atoms with van der Waals surface area (Å²) in [6.45, 7) is 0.326. The maximum atomic E-state index is 9.54. The van der Waals surface area contributed by atoms with Gasteiger partial charge in [0.2, 0.25) is 11.9 Å². The zero-order valence-corrected chi connectivity index (χ0v) is 14.7. The van der Waals surface area contributed by atoms with E-state index >= 15 is 0 Å². The smallest absolute Gasteiger partial charge is 0.230 e. The molecule has 1 aliphatic rings. The van der Waals surface area contributed by atoms with Crippen molar-refractivity contribution in [3.05, 3.63) is 41.2 Å². The van der Waals surface area contributed by atoms with Gasteiger partial charge in [0.05, 0.1) is 12.7 Å². The summed E-state index contributed by atoms with van der Waals surface area (Å²) in [5.41, 5.74) is 7.75. The first kappa shape index (κ1) is 17.2. The van der Waals surface area contributed by atoms with Crippen LogP contribution in [0.2, 0.25) is 0 Å². The predicted octanol–water partition coefficient (Wildman–Crippen LogP) is 1.91.